The number of amides is 3. The molecule has 29 heavy (non-hydrogen) atoms. The molecule has 0 saturated carbocycles. The molecule has 0 aliphatic carbocycles. The molecule has 7 nitrogen and oxygen atoms in total. The first-order valence-electron chi connectivity index (χ1n) is 9.68. The number of hydrogen-bond acceptors (Lipinski definition) is 4. The Balaban J connectivity index is 1.63. The van der Waals surface area contributed by atoms with Crippen molar-refractivity contribution in [3.05, 3.63) is 59.7 Å². The van der Waals surface area contributed by atoms with E-state index in [9.17, 15) is 14.4 Å². The zero-order valence-corrected chi connectivity index (χ0v) is 16.6. The van der Waals surface area contributed by atoms with E-state index in [1.54, 1.807) is 11.8 Å². The average Bonchev–Trinajstić information content (AvgIpc) is 3.10. The van der Waals surface area contributed by atoms with E-state index < -0.39 is 5.91 Å². The second-order valence-corrected chi connectivity index (χ2v) is 7.22. The molecule has 7 heteroatoms. The number of primary amides is 1. The maximum Gasteiger partial charge on any atom is 0.238 e. The van der Waals surface area contributed by atoms with E-state index in [0.29, 0.717) is 25.3 Å². The van der Waals surface area contributed by atoms with Gasteiger partial charge < -0.3 is 16.0 Å². The molecule has 2 aromatic rings. The molecule has 0 radical (unpaired) electrons. The maximum absolute atomic E-state index is 12.6. The van der Waals surface area contributed by atoms with Crippen LogP contribution in [0.25, 0.3) is 0 Å². The van der Waals surface area contributed by atoms with Crippen LogP contribution in [-0.4, -0.2) is 42.3 Å². The Morgan fingerprint density at radius 3 is 2.59 bits per heavy atom. The molecular weight excluding hydrogens is 368 g/mol. The van der Waals surface area contributed by atoms with E-state index in [-0.39, 0.29) is 24.8 Å². The van der Waals surface area contributed by atoms with Crippen LogP contribution in [0.3, 0.4) is 0 Å². The lowest BCUT2D eigenvalue weighted by Gasteiger charge is -2.21. The summed E-state index contributed by atoms with van der Waals surface area (Å²) in [5.74, 6) is -0.532. The topological polar surface area (TPSA) is 95.7 Å². The first kappa shape index (κ1) is 20.5. The van der Waals surface area contributed by atoms with E-state index in [2.05, 4.69) is 5.32 Å². The summed E-state index contributed by atoms with van der Waals surface area (Å²) in [4.78, 5) is 39.1. The molecule has 1 aliphatic rings. The summed E-state index contributed by atoms with van der Waals surface area (Å²) in [5, 5.41) is 2.92. The highest BCUT2D eigenvalue weighted by Crippen LogP contribution is 2.30. The molecule has 2 aromatic carbocycles. The molecule has 0 saturated heterocycles. The van der Waals surface area contributed by atoms with Crippen LogP contribution < -0.4 is 16.0 Å². The predicted octanol–water partition coefficient (Wildman–Crippen LogP) is 1.91. The smallest absolute Gasteiger partial charge is 0.238 e. The Labute approximate surface area is 170 Å². The number of benzene rings is 2. The molecule has 152 valence electrons. The second-order valence-electron chi connectivity index (χ2n) is 7.22. The van der Waals surface area contributed by atoms with Gasteiger partial charge in [0.05, 0.1) is 6.54 Å². The van der Waals surface area contributed by atoms with Crippen molar-refractivity contribution >= 4 is 29.1 Å². The van der Waals surface area contributed by atoms with Crippen LogP contribution in [-0.2, 0) is 27.3 Å². The van der Waals surface area contributed by atoms with Gasteiger partial charge in [0.25, 0.3) is 0 Å². The Morgan fingerprint density at radius 1 is 1.14 bits per heavy atom. The van der Waals surface area contributed by atoms with Crippen molar-refractivity contribution in [2.75, 3.05) is 29.9 Å². The molecule has 0 spiro atoms. The first-order valence-corrected chi connectivity index (χ1v) is 9.68. The van der Waals surface area contributed by atoms with E-state index in [4.69, 9.17) is 5.73 Å². The van der Waals surface area contributed by atoms with Gasteiger partial charge in [0.2, 0.25) is 17.7 Å². The van der Waals surface area contributed by atoms with Crippen molar-refractivity contribution in [2.45, 2.75) is 26.3 Å². The Hall–Kier alpha value is -3.19. The highest BCUT2D eigenvalue weighted by Gasteiger charge is 2.22. The minimum absolute atomic E-state index is 0.0199. The lowest BCUT2D eigenvalue weighted by atomic mass is 10.1. The van der Waals surface area contributed by atoms with Crippen LogP contribution in [0.4, 0.5) is 11.4 Å². The fraction of sp³-hybridized carbons (Fsp3) is 0.318. The lowest BCUT2D eigenvalue weighted by Crippen LogP contribution is -2.35. The van der Waals surface area contributed by atoms with Crippen molar-refractivity contribution in [3.8, 4) is 0 Å². The molecule has 0 bridgehead atoms. The molecule has 1 heterocycles. The maximum atomic E-state index is 12.6. The summed E-state index contributed by atoms with van der Waals surface area (Å²) in [7, 11) is 0. The van der Waals surface area contributed by atoms with Crippen molar-refractivity contribution < 1.29 is 14.4 Å². The third-order valence-electron chi connectivity index (χ3n) is 4.93. The van der Waals surface area contributed by atoms with Gasteiger partial charge in [-0.25, -0.2) is 0 Å². The molecule has 0 unspecified atom stereocenters. The number of nitrogens with one attached hydrogen (secondary N) is 1. The largest absolute Gasteiger partial charge is 0.370 e. The van der Waals surface area contributed by atoms with E-state index in [1.165, 1.54) is 0 Å². The molecule has 1 aliphatic heterocycles. The number of nitrogens with two attached hydrogens (primary N) is 1. The Kier molecular flexibility index (Phi) is 6.61. The molecule has 0 aromatic heterocycles. The fourth-order valence-electron chi connectivity index (χ4n) is 3.53. The van der Waals surface area contributed by atoms with E-state index >= 15 is 0 Å². The zero-order chi connectivity index (χ0) is 20.8. The van der Waals surface area contributed by atoms with Crippen LogP contribution >= 0.6 is 0 Å². The number of carbonyl (C=O) groups is 3. The van der Waals surface area contributed by atoms with Gasteiger partial charge >= 0.3 is 0 Å². The number of fused-ring (bicyclic) bond motifs is 1. The molecule has 3 rings (SSSR count). The highest BCUT2D eigenvalue weighted by atomic mass is 16.2. The molecule has 3 N–H and O–H groups in total. The quantitative estimate of drug-likeness (QED) is 0.715. The summed E-state index contributed by atoms with van der Waals surface area (Å²) < 4.78 is 0. The van der Waals surface area contributed by atoms with Gasteiger partial charge in [-0.1, -0.05) is 30.3 Å². The normalized spacial score (nSPS) is 12.7. The number of rotatable bonds is 8. The molecular formula is C22H26N4O3. The van der Waals surface area contributed by atoms with Gasteiger partial charge in [-0.3, -0.25) is 19.3 Å². The van der Waals surface area contributed by atoms with Gasteiger partial charge in [-0.2, -0.15) is 0 Å². The van der Waals surface area contributed by atoms with Crippen molar-refractivity contribution in [2.24, 2.45) is 5.73 Å². The summed E-state index contributed by atoms with van der Waals surface area (Å²) in [6, 6.07) is 15.4. The van der Waals surface area contributed by atoms with Gasteiger partial charge in [-0.15, -0.1) is 0 Å². The summed E-state index contributed by atoms with van der Waals surface area (Å²) >= 11 is 0. The standard InChI is InChI=1S/C22H26N4O3/c1-16(27)26-12-9-18-13-19(7-8-20(18)26)24-22(29)15-25(11-10-21(23)28)14-17-5-3-2-4-6-17/h2-8,13H,9-12,14-15H2,1H3,(H2,23,28)(H,24,29). The van der Waals surface area contributed by atoms with Crippen molar-refractivity contribution in [1.29, 1.82) is 0 Å². The van der Waals surface area contributed by atoms with Crippen LogP contribution in [0.5, 0.6) is 0 Å². The summed E-state index contributed by atoms with van der Waals surface area (Å²) in [6.45, 7) is 3.34. The Bertz CT molecular complexity index is 898. The zero-order valence-electron chi connectivity index (χ0n) is 16.6. The molecule has 0 fully saturated rings. The third kappa shape index (κ3) is 5.65. The van der Waals surface area contributed by atoms with Crippen molar-refractivity contribution in [3.63, 3.8) is 0 Å². The predicted molar refractivity (Wildman–Crippen MR) is 112 cm³/mol. The van der Waals surface area contributed by atoms with Gasteiger partial charge in [0.15, 0.2) is 0 Å². The monoisotopic (exact) mass is 394 g/mol. The number of carbonyl (C=O) groups excluding carboxylic acids is 3. The van der Waals surface area contributed by atoms with Gasteiger partial charge in [-0.05, 0) is 35.7 Å². The first-order chi connectivity index (χ1) is 13.9. The van der Waals surface area contributed by atoms with Crippen LogP contribution in [0.1, 0.15) is 24.5 Å². The number of hydrogen-bond donors (Lipinski definition) is 2. The molecule has 0 atom stereocenters. The number of anilines is 2. The van der Waals surface area contributed by atoms with Gasteiger partial charge in [0, 0.05) is 44.4 Å². The third-order valence-corrected chi connectivity index (χ3v) is 4.93. The SMILES string of the molecule is CC(=O)N1CCc2cc(NC(=O)CN(CCC(N)=O)Cc3ccccc3)ccc21. The second kappa shape index (κ2) is 9.34. The summed E-state index contributed by atoms with van der Waals surface area (Å²) in [5.41, 5.74) is 9.00. The van der Waals surface area contributed by atoms with E-state index in [0.717, 1.165) is 23.2 Å². The van der Waals surface area contributed by atoms with E-state index in [1.807, 2.05) is 53.4 Å². The molecule has 3 amide bonds. The van der Waals surface area contributed by atoms with Crippen LogP contribution in [0.2, 0.25) is 0 Å². The minimum atomic E-state index is -0.392. The fourth-order valence-corrected chi connectivity index (χ4v) is 3.53. The van der Waals surface area contributed by atoms with Crippen LogP contribution in [0.15, 0.2) is 48.5 Å². The van der Waals surface area contributed by atoms with Crippen molar-refractivity contribution in [1.82, 2.24) is 4.90 Å². The minimum Gasteiger partial charge on any atom is -0.370 e. The Morgan fingerprint density at radius 2 is 1.90 bits per heavy atom. The summed E-state index contributed by atoms with van der Waals surface area (Å²) in [6.07, 6.45) is 0.969. The highest BCUT2D eigenvalue weighted by molar-refractivity contribution is 5.96. The van der Waals surface area contributed by atoms with Gasteiger partial charge in [0.1, 0.15) is 0 Å². The number of nitrogens with zero attached hydrogens (tertiary/aromatic N) is 2. The van der Waals surface area contributed by atoms with Crippen LogP contribution in [0, 0.1) is 0 Å². The lowest BCUT2D eigenvalue weighted by molar-refractivity contribution is -0.120. The average molecular weight is 394 g/mol.